The molecule has 0 spiro atoms. The lowest BCUT2D eigenvalue weighted by Crippen LogP contribution is -2.20. The second-order valence-corrected chi connectivity index (χ2v) is 6.94. The predicted octanol–water partition coefficient (Wildman–Crippen LogP) is 3.95. The minimum absolute atomic E-state index is 0.165. The zero-order valence-corrected chi connectivity index (χ0v) is 15.4. The lowest BCUT2D eigenvalue weighted by molar-refractivity contribution is 0.190. The molecular formula is C17H18ClN5OS. The highest BCUT2D eigenvalue weighted by molar-refractivity contribution is 7.18. The Morgan fingerprint density at radius 3 is 2.80 bits per heavy atom. The van der Waals surface area contributed by atoms with Gasteiger partial charge < -0.3 is 15.8 Å². The second kappa shape index (κ2) is 7.77. The molecule has 0 fully saturated rings. The number of anilines is 2. The number of hydrogen-bond donors (Lipinski definition) is 2. The molecule has 0 aliphatic rings. The van der Waals surface area contributed by atoms with E-state index in [0.29, 0.717) is 23.0 Å². The molecule has 6 nitrogen and oxygen atoms in total. The Bertz CT molecular complexity index is 870. The van der Waals surface area contributed by atoms with Crippen LogP contribution in [0.1, 0.15) is 6.92 Å². The molecule has 1 atom stereocenters. The van der Waals surface area contributed by atoms with Gasteiger partial charge in [0.1, 0.15) is 0 Å². The lowest BCUT2D eigenvalue weighted by Gasteiger charge is -2.10. The summed E-state index contributed by atoms with van der Waals surface area (Å²) in [5.74, 6) is 0.197. The van der Waals surface area contributed by atoms with Gasteiger partial charge in [-0.25, -0.2) is 15.0 Å². The molecule has 0 saturated carbocycles. The highest BCUT2D eigenvalue weighted by Gasteiger charge is 2.13. The van der Waals surface area contributed by atoms with Crippen LogP contribution < -0.4 is 11.1 Å². The van der Waals surface area contributed by atoms with Crippen molar-refractivity contribution in [2.24, 2.45) is 0 Å². The number of hydrogen-bond acceptors (Lipinski definition) is 7. The second-order valence-electron chi connectivity index (χ2n) is 5.51. The Hall–Kier alpha value is -2.22. The predicted molar refractivity (Wildman–Crippen MR) is 103 cm³/mol. The van der Waals surface area contributed by atoms with Gasteiger partial charge in [-0.1, -0.05) is 41.1 Å². The van der Waals surface area contributed by atoms with E-state index in [1.54, 1.807) is 13.3 Å². The first-order valence-electron chi connectivity index (χ1n) is 7.68. The van der Waals surface area contributed by atoms with E-state index < -0.39 is 0 Å². The van der Waals surface area contributed by atoms with Crippen LogP contribution in [0.2, 0.25) is 5.02 Å². The van der Waals surface area contributed by atoms with Crippen molar-refractivity contribution < 1.29 is 4.74 Å². The highest BCUT2D eigenvalue weighted by atomic mass is 35.5. The number of thiazole rings is 1. The van der Waals surface area contributed by atoms with Crippen LogP contribution in [-0.4, -0.2) is 34.7 Å². The number of nitrogens with one attached hydrogen (secondary N) is 1. The standard InChI is InChI=1S/C17H18ClN5OS/c1-10(9-24-2)21-17-20-8-15(25-17)14-7-13(22-16(19)23-14)11-5-3-4-6-12(11)18/h3-8,10H,9H2,1-2H3,(H,20,21)(H2,19,22,23)/t10-/m0/s1. The summed E-state index contributed by atoms with van der Waals surface area (Å²) >= 11 is 7.77. The van der Waals surface area contributed by atoms with E-state index in [1.807, 2.05) is 37.3 Å². The normalized spacial score (nSPS) is 12.1. The van der Waals surface area contributed by atoms with Gasteiger partial charge >= 0.3 is 0 Å². The van der Waals surface area contributed by atoms with E-state index in [2.05, 4.69) is 20.3 Å². The van der Waals surface area contributed by atoms with Crippen molar-refractivity contribution in [1.29, 1.82) is 0 Å². The van der Waals surface area contributed by atoms with Crippen molar-refractivity contribution in [2.45, 2.75) is 13.0 Å². The molecular weight excluding hydrogens is 358 g/mol. The quantitative estimate of drug-likeness (QED) is 0.678. The number of nitrogens with zero attached hydrogens (tertiary/aromatic N) is 3. The minimum Gasteiger partial charge on any atom is -0.383 e. The molecule has 3 aromatic rings. The summed E-state index contributed by atoms with van der Waals surface area (Å²) in [5.41, 5.74) is 8.11. The van der Waals surface area contributed by atoms with Crippen molar-refractivity contribution in [1.82, 2.24) is 15.0 Å². The van der Waals surface area contributed by atoms with Crippen LogP contribution in [0.25, 0.3) is 21.8 Å². The summed E-state index contributed by atoms with van der Waals surface area (Å²) in [5, 5.41) is 4.71. The molecule has 0 saturated heterocycles. The third-order valence-electron chi connectivity index (χ3n) is 3.44. The Labute approximate surface area is 155 Å². The number of ether oxygens (including phenoxy) is 1. The van der Waals surface area contributed by atoms with Crippen molar-refractivity contribution >= 4 is 34.0 Å². The molecule has 2 heterocycles. The summed E-state index contributed by atoms with van der Waals surface area (Å²) < 4.78 is 5.12. The van der Waals surface area contributed by atoms with E-state index in [9.17, 15) is 0 Å². The van der Waals surface area contributed by atoms with Crippen LogP contribution in [0.5, 0.6) is 0 Å². The summed E-state index contributed by atoms with van der Waals surface area (Å²) in [7, 11) is 1.67. The van der Waals surface area contributed by atoms with Gasteiger partial charge in [0.05, 0.1) is 22.9 Å². The monoisotopic (exact) mass is 375 g/mol. The van der Waals surface area contributed by atoms with E-state index >= 15 is 0 Å². The van der Waals surface area contributed by atoms with Crippen LogP contribution >= 0.6 is 22.9 Å². The van der Waals surface area contributed by atoms with Crippen molar-refractivity contribution in [2.75, 3.05) is 24.8 Å². The molecule has 3 N–H and O–H groups in total. The zero-order valence-electron chi connectivity index (χ0n) is 13.9. The maximum absolute atomic E-state index is 6.27. The van der Waals surface area contributed by atoms with Crippen LogP contribution in [0.4, 0.5) is 11.1 Å². The summed E-state index contributed by atoms with van der Waals surface area (Å²) in [4.78, 5) is 13.9. The van der Waals surface area contributed by atoms with Crippen LogP contribution in [0.15, 0.2) is 36.5 Å². The fraction of sp³-hybridized carbons (Fsp3) is 0.235. The number of nitrogen functional groups attached to an aromatic ring is 1. The number of methoxy groups -OCH3 is 1. The first-order valence-corrected chi connectivity index (χ1v) is 8.87. The molecule has 0 bridgehead atoms. The Kier molecular flexibility index (Phi) is 5.47. The molecule has 8 heteroatoms. The molecule has 3 rings (SSSR count). The fourth-order valence-corrected chi connectivity index (χ4v) is 3.48. The third-order valence-corrected chi connectivity index (χ3v) is 4.72. The number of aromatic nitrogens is 3. The van der Waals surface area contributed by atoms with Crippen molar-refractivity contribution in [3.8, 4) is 21.8 Å². The molecule has 25 heavy (non-hydrogen) atoms. The lowest BCUT2D eigenvalue weighted by atomic mass is 10.1. The number of benzene rings is 1. The van der Waals surface area contributed by atoms with Crippen molar-refractivity contribution in [3.63, 3.8) is 0 Å². The summed E-state index contributed by atoms with van der Waals surface area (Å²) in [6.45, 7) is 2.63. The van der Waals surface area contributed by atoms with E-state index in [4.69, 9.17) is 22.1 Å². The van der Waals surface area contributed by atoms with Gasteiger partial charge in [0.2, 0.25) is 5.95 Å². The molecule has 0 aliphatic heterocycles. The fourth-order valence-electron chi connectivity index (χ4n) is 2.36. The Balaban J connectivity index is 1.91. The van der Waals surface area contributed by atoms with Crippen LogP contribution in [0.3, 0.4) is 0 Å². The number of nitrogens with two attached hydrogens (primary N) is 1. The largest absolute Gasteiger partial charge is 0.383 e. The van der Waals surface area contributed by atoms with Gasteiger partial charge in [0.25, 0.3) is 0 Å². The van der Waals surface area contributed by atoms with Crippen molar-refractivity contribution in [3.05, 3.63) is 41.6 Å². The van der Waals surface area contributed by atoms with E-state index in [-0.39, 0.29) is 12.0 Å². The highest BCUT2D eigenvalue weighted by Crippen LogP contribution is 2.32. The van der Waals surface area contributed by atoms with Crippen LogP contribution in [-0.2, 0) is 4.74 Å². The van der Waals surface area contributed by atoms with Gasteiger partial charge in [-0.2, -0.15) is 0 Å². The molecule has 0 unspecified atom stereocenters. The maximum Gasteiger partial charge on any atom is 0.221 e. The van der Waals surface area contributed by atoms with Gasteiger partial charge in [-0.3, -0.25) is 0 Å². The number of rotatable bonds is 6. The van der Waals surface area contributed by atoms with Crippen LogP contribution in [0, 0.1) is 0 Å². The molecule has 2 aromatic heterocycles. The number of halogens is 1. The Morgan fingerprint density at radius 2 is 2.04 bits per heavy atom. The topological polar surface area (TPSA) is 86.0 Å². The SMILES string of the molecule is COC[C@H](C)Nc1ncc(-c2cc(-c3ccccc3Cl)nc(N)n2)s1. The average molecular weight is 376 g/mol. The summed E-state index contributed by atoms with van der Waals surface area (Å²) in [6.07, 6.45) is 1.77. The van der Waals surface area contributed by atoms with Gasteiger partial charge in [0.15, 0.2) is 5.13 Å². The molecule has 130 valence electrons. The zero-order chi connectivity index (χ0) is 17.8. The van der Waals surface area contributed by atoms with E-state index in [1.165, 1.54) is 11.3 Å². The minimum atomic E-state index is 0.165. The van der Waals surface area contributed by atoms with Gasteiger partial charge in [0, 0.05) is 29.9 Å². The Morgan fingerprint density at radius 1 is 1.28 bits per heavy atom. The first kappa shape index (κ1) is 17.6. The molecule has 0 amide bonds. The van der Waals surface area contributed by atoms with E-state index in [0.717, 1.165) is 15.6 Å². The molecule has 0 aliphatic carbocycles. The molecule has 0 radical (unpaired) electrons. The van der Waals surface area contributed by atoms with Gasteiger partial charge in [-0.15, -0.1) is 0 Å². The molecule has 1 aromatic carbocycles. The smallest absolute Gasteiger partial charge is 0.221 e. The maximum atomic E-state index is 6.27. The average Bonchev–Trinajstić information content (AvgIpc) is 3.03. The first-order chi connectivity index (χ1) is 12.1. The van der Waals surface area contributed by atoms with Gasteiger partial charge in [-0.05, 0) is 19.1 Å². The summed E-state index contributed by atoms with van der Waals surface area (Å²) in [6, 6.07) is 9.54. The third kappa shape index (κ3) is 4.25.